The molecular weight excluding hydrogens is 504 g/mol. The number of fused-ring (bicyclic) bond motifs is 1. The Morgan fingerprint density at radius 1 is 1.36 bits per heavy atom. The predicted molar refractivity (Wildman–Crippen MR) is 137 cm³/mol. The van der Waals surface area contributed by atoms with E-state index < -0.39 is 22.9 Å². The van der Waals surface area contributed by atoms with Crippen LogP contribution in [0.4, 0.5) is 5.69 Å². The molecule has 0 radical (unpaired) electrons. The standard InChI is InChI=1S/C24H28N4O6S2/c1-13-20-19(14(2)29)23(30)27(20)21(24(31)34-11-15-3-5-16(6-4-15)28(32)33)22(13)36-17-9-26(10-17)18-12-35-8-7-25-18/h3-6,13-14,17,19-20,29H,7-12H2,1-2H3/t13-,14-,19-,20-/m1/s1. The zero-order chi connectivity index (χ0) is 25.6. The zero-order valence-corrected chi connectivity index (χ0v) is 21.7. The number of β-lactam (4-membered cyclic amide) rings is 1. The number of nitro benzene ring substituents is 1. The smallest absolute Gasteiger partial charge is 0.356 e. The van der Waals surface area contributed by atoms with E-state index in [-0.39, 0.29) is 41.1 Å². The number of aliphatic hydroxyl groups is 1. The lowest BCUT2D eigenvalue weighted by Gasteiger charge is -2.46. The molecule has 4 aliphatic rings. The largest absolute Gasteiger partial charge is 0.456 e. The third kappa shape index (κ3) is 4.50. The number of amides is 1. The monoisotopic (exact) mass is 532 g/mol. The Hall–Kier alpha value is -2.57. The number of amidine groups is 1. The number of hydrogen-bond acceptors (Lipinski definition) is 10. The van der Waals surface area contributed by atoms with E-state index in [9.17, 15) is 24.8 Å². The van der Waals surface area contributed by atoms with Crippen LogP contribution in [0, 0.1) is 22.0 Å². The number of carbonyl (C=O) groups is 2. The van der Waals surface area contributed by atoms with E-state index in [1.165, 1.54) is 17.0 Å². The average Bonchev–Trinajstić information content (AvgIpc) is 3.07. The van der Waals surface area contributed by atoms with Crippen molar-refractivity contribution >= 4 is 46.9 Å². The molecule has 0 saturated carbocycles. The van der Waals surface area contributed by atoms with Crippen LogP contribution in [0.5, 0.6) is 0 Å². The van der Waals surface area contributed by atoms with E-state index in [4.69, 9.17) is 4.74 Å². The van der Waals surface area contributed by atoms with Crippen molar-refractivity contribution in [3.63, 3.8) is 0 Å². The molecular formula is C24H28N4O6S2. The summed E-state index contributed by atoms with van der Waals surface area (Å²) in [4.78, 5) is 45.8. The molecule has 0 spiro atoms. The number of nitro groups is 1. The van der Waals surface area contributed by atoms with E-state index in [2.05, 4.69) is 9.89 Å². The van der Waals surface area contributed by atoms with Gasteiger partial charge in [-0.1, -0.05) is 6.92 Å². The van der Waals surface area contributed by atoms with Crippen LogP contribution in [0.1, 0.15) is 19.4 Å². The van der Waals surface area contributed by atoms with Gasteiger partial charge in [-0.2, -0.15) is 11.8 Å². The van der Waals surface area contributed by atoms with Crippen molar-refractivity contribution in [1.29, 1.82) is 0 Å². The first-order valence-electron chi connectivity index (χ1n) is 11.9. The van der Waals surface area contributed by atoms with Crippen LogP contribution in [0.15, 0.2) is 39.9 Å². The number of aliphatic hydroxyl groups excluding tert-OH is 1. The van der Waals surface area contributed by atoms with Gasteiger partial charge in [-0.3, -0.25) is 19.9 Å². The van der Waals surface area contributed by atoms with Gasteiger partial charge in [-0.05, 0) is 24.6 Å². The lowest BCUT2D eigenvalue weighted by Crippen LogP contribution is -2.63. The number of hydrogen-bond donors (Lipinski definition) is 1. The summed E-state index contributed by atoms with van der Waals surface area (Å²) >= 11 is 3.51. The van der Waals surface area contributed by atoms with Crippen molar-refractivity contribution in [3.8, 4) is 0 Å². The molecule has 10 nitrogen and oxygen atoms in total. The van der Waals surface area contributed by atoms with Crippen molar-refractivity contribution < 1.29 is 24.4 Å². The normalized spacial score (nSPS) is 26.7. The first-order valence-corrected chi connectivity index (χ1v) is 14.0. The fourth-order valence-corrected chi connectivity index (χ4v) is 7.48. The van der Waals surface area contributed by atoms with Gasteiger partial charge in [-0.15, -0.1) is 11.8 Å². The summed E-state index contributed by atoms with van der Waals surface area (Å²) in [5.74, 6) is 1.63. The van der Waals surface area contributed by atoms with Crippen molar-refractivity contribution in [1.82, 2.24) is 9.80 Å². The highest BCUT2D eigenvalue weighted by atomic mass is 32.2. The second kappa shape index (κ2) is 10.1. The van der Waals surface area contributed by atoms with E-state index in [1.54, 1.807) is 30.8 Å². The fourth-order valence-electron chi connectivity index (χ4n) is 5.14. The Balaban J connectivity index is 1.31. The average molecular weight is 533 g/mol. The molecule has 1 aromatic carbocycles. The van der Waals surface area contributed by atoms with E-state index in [0.29, 0.717) is 5.56 Å². The van der Waals surface area contributed by atoms with Crippen molar-refractivity contribution in [3.05, 3.63) is 50.5 Å². The Labute approximate surface area is 217 Å². The van der Waals surface area contributed by atoms with E-state index >= 15 is 0 Å². The number of rotatable bonds is 7. The lowest BCUT2D eigenvalue weighted by molar-refractivity contribution is -0.384. The summed E-state index contributed by atoms with van der Waals surface area (Å²) in [7, 11) is 0. The second-order valence-corrected chi connectivity index (χ2v) is 11.9. The maximum atomic E-state index is 13.3. The van der Waals surface area contributed by atoms with Crippen molar-refractivity contribution in [2.24, 2.45) is 16.8 Å². The molecule has 192 valence electrons. The molecule has 0 aromatic heterocycles. The SMILES string of the molecule is C[C@@H](O)[C@H]1C(=O)N2C(C(=O)OCc3ccc([N+](=O)[O-])cc3)=C(SC3CN(C4=NCCSC4)C3)[C@H](C)[C@H]12. The van der Waals surface area contributed by atoms with E-state index in [0.717, 1.165) is 41.9 Å². The molecule has 4 atom stereocenters. The molecule has 1 N–H and O–H groups in total. The van der Waals surface area contributed by atoms with Gasteiger partial charge in [0, 0.05) is 47.0 Å². The highest BCUT2D eigenvalue weighted by Gasteiger charge is 2.60. The van der Waals surface area contributed by atoms with E-state index in [1.807, 2.05) is 18.7 Å². The van der Waals surface area contributed by atoms with Crippen LogP contribution in [0.3, 0.4) is 0 Å². The van der Waals surface area contributed by atoms with Crippen LogP contribution in [-0.2, 0) is 20.9 Å². The Morgan fingerprint density at radius 2 is 2.08 bits per heavy atom. The van der Waals surface area contributed by atoms with Gasteiger partial charge in [0.2, 0.25) is 5.91 Å². The lowest BCUT2D eigenvalue weighted by atomic mass is 9.79. The Kier molecular flexibility index (Phi) is 7.01. The molecule has 36 heavy (non-hydrogen) atoms. The van der Waals surface area contributed by atoms with Crippen LogP contribution < -0.4 is 0 Å². The van der Waals surface area contributed by atoms with Gasteiger partial charge < -0.3 is 19.6 Å². The highest BCUT2D eigenvalue weighted by molar-refractivity contribution is 8.03. The minimum absolute atomic E-state index is 0.0402. The Bertz CT molecular complexity index is 1130. The minimum Gasteiger partial charge on any atom is -0.456 e. The molecule has 2 fully saturated rings. The van der Waals surface area contributed by atoms with Gasteiger partial charge in [0.05, 0.1) is 35.3 Å². The fraction of sp³-hybridized carbons (Fsp3) is 0.542. The Morgan fingerprint density at radius 3 is 2.69 bits per heavy atom. The summed E-state index contributed by atoms with van der Waals surface area (Å²) in [5, 5.41) is 21.3. The number of ether oxygens (including phenoxy) is 1. The van der Waals surface area contributed by atoms with Crippen molar-refractivity contribution in [2.75, 3.05) is 31.1 Å². The molecule has 4 heterocycles. The number of benzene rings is 1. The maximum absolute atomic E-state index is 13.3. The summed E-state index contributed by atoms with van der Waals surface area (Å²) in [6, 6.07) is 5.55. The summed E-state index contributed by atoms with van der Waals surface area (Å²) in [6.07, 6.45) is -0.802. The second-order valence-electron chi connectivity index (χ2n) is 9.46. The molecule has 12 heteroatoms. The number of esters is 1. The van der Waals surface area contributed by atoms with Crippen LogP contribution in [0.2, 0.25) is 0 Å². The van der Waals surface area contributed by atoms with Crippen LogP contribution >= 0.6 is 23.5 Å². The summed E-state index contributed by atoms with van der Waals surface area (Å²) in [6.45, 7) is 6.07. The molecule has 0 unspecified atom stereocenters. The number of likely N-dealkylation sites (tertiary alicyclic amines) is 1. The number of non-ortho nitro benzene ring substituents is 1. The van der Waals surface area contributed by atoms with Gasteiger partial charge >= 0.3 is 5.97 Å². The first-order chi connectivity index (χ1) is 17.3. The summed E-state index contributed by atoms with van der Waals surface area (Å²) in [5.41, 5.74) is 0.843. The molecule has 1 aromatic rings. The van der Waals surface area contributed by atoms with Gasteiger partial charge in [0.1, 0.15) is 18.1 Å². The molecule has 2 saturated heterocycles. The van der Waals surface area contributed by atoms with Gasteiger partial charge in [0.25, 0.3) is 5.69 Å². The zero-order valence-electron chi connectivity index (χ0n) is 20.0. The molecule has 5 rings (SSSR count). The van der Waals surface area contributed by atoms with Crippen LogP contribution in [-0.4, -0.2) is 86.1 Å². The number of carbonyl (C=O) groups excluding carboxylic acids is 2. The minimum atomic E-state index is -0.802. The molecule has 1 amide bonds. The highest BCUT2D eigenvalue weighted by Crippen LogP contribution is 2.52. The third-order valence-corrected chi connectivity index (χ3v) is 9.47. The number of aliphatic imine (C=N–C) groups is 1. The quantitative estimate of drug-likeness (QED) is 0.244. The van der Waals surface area contributed by atoms with Crippen molar-refractivity contribution in [2.45, 2.75) is 37.9 Å². The first kappa shape index (κ1) is 25.1. The summed E-state index contributed by atoms with van der Waals surface area (Å²) < 4.78 is 5.57. The molecule has 4 aliphatic heterocycles. The molecule has 0 bridgehead atoms. The maximum Gasteiger partial charge on any atom is 0.356 e. The van der Waals surface area contributed by atoms with Gasteiger partial charge in [-0.25, -0.2) is 4.79 Å². The van der Waals surface area contributed by atoms with Gasteiger partial charge in [0.15, 0.2) is 0 Å². The number of thioether (sulfide) groups is 2. The predicted octanol–water partition coefficient (Wildman–Crippen LogP) is 2.27. The third-order valence-electron chi connectivity index (χ3n) is 7.09. The van der Waals surface area contributed by atoms with Crippen LogP contribution in [0.25, 0.3) is 0 Å². The topological polar surface area (TPSA) is 126 Å². The molecule has 0 aliphatic carbocycles. The number of nitrogens with zero attached hydrogens (tertiary/aromatic N) is 4.